The molecule has 0 saturated carbocycles. The highest BCUT2D eigenvalue weighted by molar-refractivity contribution is 7.17. The molecule has 2 aromatic rings. The molecule has 0 aliphatic rings. The molecule has 0 atom stereocenters. The van der Waals surface area contributed by atoms with Crippen LogP contribution in [0.15, 0.2) is 24.3 Å². The summed E-state index contributed by atoms with van der Waals surface area (Å²) in [6.07, 6.45) is 0.882. The van der Waals surface area contributed by atoms with E-state index in [1.54, 1.807) is 7.11 Å². The molecule has 1 aromatic carbocycles. The predicted molar refractivity (Wildman–Crippen MR) is 91.1 cm³/mol. The molecule has 2 rings (SSSR count). The number of carbonyl (C=O) groups excluding carboxylic acids is 1. The topological polar surface area (TPSA) is 35.5 Å². The van der Waals surface area contributed by atoms with E-state index in [1.165, 1.54) is 16.9 Å². The molecule has 0 saturated heterocycles. The van der Waals surface area contributed by atoms with Crippen LogP contribution in [0.3, 0.4) is 0 Å². The summed E-state index contributed by atoms with van der Waals surface area (Å²) in [6, 6.07) is 8.43. The van der Waals surface area contributed by atoms with Gasteiger partial charge < -0.3 is 9.47 Å². The van der Waals surface area contributed by atoms with Gasteiger partial charge in [-0.3, -0.25) is 4.79 Å². The molecule has 1 heterocycles. The van der Waals surface area contributed by atoms with Crippen molar-refractivity contribution in [3.8, 4) is 16.2 Å². The first-order chi connectivity index (χ1) is 10.4. The zero-order valence-corrected chi connectivity index (χ0v) is 14.5. The van der Waals surface area contributed by atoms with Crippen LogP contribution >= 0.6 is 11.3 Å². The number of methoxy groups -OCH3 is 1. The second-order valence-corrected chi connectivity index (χ2v) is 7.30. The summed E-state index contributed by atoms with van der Waals surface area (Å²) in [6.45, 7) is 8.64. The van der Waals surface area contributed by atoms with E-state index in [9.17, 15) is 4.79 Å². The minimum atomic E-state index is 0.118. The Labute approximate surface area is 135 Å². The van der Waals surface area contributed by atoms with Gasteiger partial charge in [0.05, 0.1) is 9.75 Å². The number of ether oxygens (including phenoxy) is 2. The fraction of sp³-hybridized carbons (Fsp3) is 0.389. The van der Waals surface area contributed by atoms with Gasteiger partial charge in [0.1, 0.15) is 5.75 Å². The lowest BCUT2D eigenvalue weighted by atomic mass is 9.86. The van der Waals surface area contributed by atoms with Crippen molar-refractivity contribution < 1.29 is 14.3 Å². The molecular formula is C18H22O3S. The maximum atomic E-state index is 11.2. The van der Waals surface area contributed by atoms with Gasteiger partial charge in [-0.25, -0.2) is 0 Å². The number of thiophene rings is 1. The maximum absolute atomic E-state index is 11.2. The van der Waals surface area contributed by atoms with Crippen LogP contribution in [0.2, 0.25) is 0 Å². The molecule has 0 amide bonds. The number of carbonyl (C=O) groups is 1. The highest BCUT2D eigenvalue weighted by atomic mass is 32.1. The number of benzene rings is 1. The summed E-state index contributed by atoms with van der Waals surface area (Å²) in [5.41, 5.74) is 3.32. The Morgan fingerprint density at radius 2 is 1.82 bits per heavy atom. The molecule has 0 bridgehead atoms. The van der Waals surface area contributed by atoms with Crippen molar-refractivity contribution in [1.82, 2.24) is 0 Å². The van der Waals surface area contributed by atoms with Crippen LogP contribution in [0.1, 0.15) is 41.6 Å². The summed E-state index contributed by atoms with van der Waals surface area (Å²) in [5, 5.41) is 0. The molecule has 0 unspecified atom stereocenters. The van der Waals surface area contributed by atoms with Gasteiger partial charge in [-0.1, -0.05) is 45.0 Å². The van der Waals surface area contributed by atoms with E-state index < -0.39 is 0 Å². The Kier molecular flexibility index (Phi) is 5.04. The zero-order chi connectivity index (χ0) is 16.3. The van der Waals surface area contributed by atoms with Gasteiger partial charge in [0.15, 0.2) is 13.1 Å². The first-order valence-electron chi connectivity index (χ1n) is 7.19. The summed E-state index contributed by atoms with van der Waals surface area (Å²) in [4.78, 5) is 12.9. The van der Waals surface area contributed by atoms with Crippen LogP contribution in [0.25, 0.3) is 10.4 Å². The number of rotatable bonds is 5. The molecule has 0 N–H and O–H groups in total. The normalized spacial score (nSPS) is 11.5. The minimum Gasteiger partial charge on any atom is -0.466 e. The zero-order valence-electron chi connectivity index (χ0n) is 13.7. The average molecular weight is 318 g/mol. The largest absolute Gasteiger partial charge is 0.466 e. The second-order valence-electron chi connectivity index (χ2n) is 6.25. The second kappa shape index (κ2) is 6.63. The Bertz CT molecular complexity index is 648. The van der Waals surface area contributed by atoms with E-state index in [4.69, 9.17) is 9.47 Å². The third-order valence-electron chi connectivity index (χ3n) is 3.57. The number of hydrogen-bond acceptors (Lipinski definition) is 4. The molecular weight excluding hydrogens is 296 g/mol. The lowest BCUT2D eigenvalue weighted by molar-refractivity contribution is 0.0513. The first-order valence-corrected chi connectivity index (χ1v) is 8.01. The van der Waals surface area contributed by atoms with E-state index >= 15 is 0 Å². The summed E-state index contributed by atoms with van der Waals surface area (Å²) in [5.74, 6) is 0.734. The average Bonchev–Trinajstić information content (AvgIpc) is 2.80. The highest BCUT2D eigenvalue weighted by Gasteiger charge is 2.19. The predicted octanol–water partition coefficient (Wildman–Crippen LogP) is 4.82. The molecule has 118 valence electrons. The van der Waals surface area contributed by atoms with Gasteiger partial charge in [0, 0.05) is 12.7 Å². The summed E-state index contributed by atoms with van der Waals surface area (Å²) < 4.78 is 10.7. The Morgan fingerprint density at radius 1 is 1.18 bits per heavy atom. The van der Waals surface area contributed by atoms with Crippen LogP contribution in [-0.4, -0.2) is 20.2 Å². The van der Waals surface area contributed by atoms with E-state index in [2.05, 4.69) is 45.0 Å². The third kappa shape index (κ3) is 3.39. The monoisotopic (exact) mass is 318 g/mol. The van der Waals surface area contributed by atoms with Crippen molar-refractivity contribution in [3.05, 3.63) is 40.3 Å². The molecule has 3 nitrogen and oxygen atoms in total. The lowest BCUT2D eigenvalue weighted by Gasteiger charge is -2.19. The molecule has 4 heteroatoms. The van der Waals surface area contributed by atoms with Crippen molar-refractivity contribution in [2.45, 2.75) is 33.1 Å². The van der Waals surface area contributed by atoms with E-state index in [0.717, 1.165) is 28.0 Å². The number of aldehydes is 1. The van der Waals surface area contributed by atoms with Gasteiger partial charge in [-0.15, -0.1) is 11.3 Å². The molecule has 0 spiro atoms. The van der Waals surface area contributed by atoms with Gasteiger partial charge in [0.2, 0.25) is 0 Å². The van der Waals surface area contributed by atoms with E-state index in [0.29, 0.717) is 4.88 Å². The van der Waals surface area contributed by atoms with Crippen molar-refractivity contribution >= 4 is 17.6 Å². The van der Waals surface area contributed by atoms with Crippen LogP contribution < -0.4 is 4.74 Å². The fourth-order valence-corrected chi connectivity index (χ4v) is 3.30. The van der Waals surface area contributed by atoms with E-state index in [-0.39, 0.29) is 12.2 Å². The molecule has 22 heavy (non-hydrogen) atoms. The summed E-state index contributed by atoms with van der Waals surface area (Å²) in [7, 11) is 1.58. The van der Waals surface area contributed by atoms with Crippen molar-refractivity contribution in [2.24, 2.45) is 0 Å². The molecule has 0 aliphatic heterocycles. The number of hydrogen-bond donors (Lipinski definition) is 0. The molecule has 1 aromatic heterocycles. The highest BCUT2D eigenvalue weighted by Crippen LogP contribution is 2.42. The smallest absolute Gasteiger partial charge is 0.188 e. The van der Waals surface area contributed by atoms with Crippen LogP contribution in [0, 0.1) is 6.92 Å². The van der Waals surface area contributed by atoms with Gasteiger partial charge in [-0.05, 0) is 23.5 Å². The third-order valence-corrected chi connectivity index (χ3v) is 4.82. The minimum absolute atomic E-state index is 0.118. The van der Waals surface area contributed by atoms with E-state index in [1.807, 2.05) is 6.92 Å². The van der Waals surface area contributed by atoms with Crippen LogP contribution in [0.4, 0.5) is 0 Å². The standard InChI is InChI=1S/C18H22O3S/c1-12-15(10-19)22-17(16(12)21-11-20-5)13-6-8-14(9-7-13)18(2,3)4/h6-10H,11H2,1-5H3. The first kappa shape index (κ1) is 16.7. The lowest BCUT2D eigenvalue weighted by Crippen LogP contribution is -2.10. The Hall–Kier alpha value is -1.65. The molecule has 0 aliphatic carbocycles. The van der Waals surface area contributed by atoms with Gasteiger partial charge in [-0.2, -0.15) is 0 Å². The van der Waals surface area contributed by atoms with Crippen molar-refractivity contribution in [1.29, 1.82) is 0 Å². The van der Waals surface area contributed by atoms with Crippen LogP contribution in [0.5, 0.6) is 5.75 Å². The molecule has 0 fully saturated rings. The Morgan fingerprint density at radius 3 is 2.32 bits per heavy atom. The maximum Gasteiger partial charge on any atom is 0.188 e. The van der Waals surface area contributed by atoms with Gasteiger partial charge >= 0.3 is 0 Å². The Balaban J connectivity index is 2.45. The van der Waals surface area contributed by atoms with Crippen LogP contribution in [-0.2, 0) is 10.2 Å². The SMILES string of the molecule is COCOc1c(-c2ccc(C(C)(C)C)cc2)sc(C=O)c1C. The fourth-order valence-electron chi connectivity index (χ4n) is 2.23. The van der Waals surface area contributed by atoms with Crippen molar-refractivity contribution in [3.63, 3.8) is 0 Å². The summed E-state index contributed by atoms with van der Waals surface area (Å²) >= 11 is 1.45. The molecule has 0 radical (unpaired) electrons. The van der Waals surface area contributed by atoms with Gasteiger partial charge in [0.25, 0.3) is 0 Å². The van der Waals surface area contributed by atoms with Crippen molar-refractivity contribution in [2.75, 3.05) is 13.9 Å². The quantitative estimate of drug-likeness (QED) is 0.586.